The van der Waals surface area contributed by atoms with Gasteiger partial charge in [0.05, 0.1) is 0 Å². The summed E-state index contributed by atoms with van der Waals surface area (Å²) in [4.78, 5) is 4.10. The lowest BCUT2D eigenvalue weighted by Gasteiger charge is -2.20. The molecule has 0 saturated heterocycles. The van der Waals surface area contributed by atoms with Crippen LogP contribution < -0.4 is 5.32 Å². The molecule has 0 spiro atoms. The highest BCUT2D eigenvalue weighted by Crippen LogP contribution is 2.24. The van der Waals surface area contributed by atoms with Gasteiger partial charge in [-0.25, -0.2) is 9.38 Å². The summed E-state index contributed by atoms with van der Waals surface area (Å²) in [6, 6.07) is 4.41. The molecule has 1 aromatic rings. The smallest absolute Gasteiger partial charge is 0.135 e. The zero-order valence-electron chi connectivity index (χ0n) is 7.01. The minimum atomic E-state index is -0.273. The number of aliphatic imine (C=N–C) groups is 1. The Bertz CT molecular complexity index is 376. The number of anilines is 1. The Morgan fingerprint density at radius 2 is 2.31 bits per heavy atom. The number of nitrogens with one attached hydrogen (secondary N) is 1. The van der Waals surface area contributed by atoms with Crippen molar-refractivity contribution in [1.29, 1.82) is 0 Å². The fourth-order valence-corrected chi connectivity index (χ4v) is 1.62. The van der Waals surface area contributed by atoms with Crippen molar-refractivity contribution in [1.82, 2.24) is 0 Å². The molecule has 0 amide bonds. The highest BCUT2D eigenvalue weighted by atomic mass is 35.5. The van der Waals surface area contributed by atoms with E-state index in [-0.39, 0.29) is 12.0 Å². The number of halogens is 2. The van der Waals surface area contributed by atoms with Gasteiger partial charge in [0.1, 0.15) is 17.2 Å². The molecule has 13 heavy (non-hydrogen) atoms. The van der Waals surface area contributed by atoms with E-state index in [1.807, 2.05) is 6.92 Å². The van der Waals surface area contributed by atoms with E-state index in [9.17, 15) is 4.39 Å². The molecule has 1 aliphatic heterocycles. The fraction of sp³-hybridized carbons (Fsp3) is 0.222. The molecule has 1 atom stereocenters. The highest BCUT2D eigenvalue weighted by Gasteiger charge is 2.15. The Morgan fingerprint density at radius 3 is 3.08 bits per heavy atom. The molecule has 1 N–H and O–H groups in total. The van der Waals surface area contributed by atoms with Crippen LogP contribution in [0.3, 0.4) is 0 Å². The lowest BCUT2D eigenvalue weighted by molar-refractivity contribution is 0.627. The lowest BCUT2D eigenvalue weighted by atomic mass is 10.1. The largest absolute Gasteiger partial charge is 0.363 e. The molecule has 2 nitrogen and oxygen atoms in total. The summed E-state index contributed by atoms with van der Waals surface area (Å²) in [7, 11) is 0. The Hall–Kier alpha value is -1.09. The van der Waals surface area contributed by atoms with Gasteiger partial charge in [-0.2, -0.15) is 0 Å². The van der Waals surface area contributed by atoms with Crippen LogP contribution in [0.25, 0.3) is 0 Å². The topological polar surface area (TPSA) is 24.4 Å². The summed E-state index contributed by atoms with van der Waals surface area (Å²) in [5.74, 6) is -0.273. The second-order valence-corrected chi connectivity index (χ2v) is 3.29. The molecule has 1 aliphatic rings. The molecule has 2 rings (SSSR count). The van der Waals surface area contributed by atoms with E-state index in [0.29, 0.717) is 10.9 Å². The third kappa shape index (κ3) is 1.52. The van der Waals surface area contributed by atoms with E-state index in [0.717, 1.165) is 5.56 Å². The number of hydrogen-bond donors (Lipinski definition) is 1. The minimum Gasteiger partial charge on any atom is -0.363 e. The maximum atomic E-state index is 12.8. The van der Waals surface area contributed by atoms with Gasteiger partial charge in [-0.15, -0.1) is 0 Å². The van der Waals surface area contributed by atoms with E-state index in [1.165, 1.54) is 12.1 Å². The molecule has 1 heterocycles. The van der Waals surface area contributed by atoms with Gasteiger partial charge in [-0.1, -0.05) is 11.6 Å². The van der Waals surface area contributed by atoms with Gasteiger partial charge in [0, 0.05) is 11.3 Å². The quantitative estimate of drug-likeness (QED) is 0.681. The minimum absolute atomic E-state index is 0.0956. The Balaban J connectivity index is 2.54. The summed E-state index contributed by atoms with van der Waals surface area (Å²) in [5, 5.41) is 3.45. The van der Waals surface area contributed by atoms with Crippen LogP contribution in [0.5, 0.6) is 0 Å². The second-order valence-electron chi connectivity index (χ2n) is 2.93. The zero-order valence-corrected chi connectivity index (χ0v) is 7.77. The molecule has 0 aromatic heterocycles. The molecule has 4 heteroatoms. The van der Waals surface area contributed by atoms with Crippen molar-refractivity contribution < 1.29 is 4.39 Å². The normalized spacial score (nSPS) is 20.2. The van der Waals surface area contributed by atoms with Gasteiger partial charge in [-0.3, -0.25) is 0 Å². The van der Waals surface area contributed by atoms with Crippen molar-refractivity contribution in [2.24, 2.45) is 4.99 Å². The van der Waals surface area contributed by atoms with Crippen molar-refractivity contribution in [3.63, 3.8) is 0 Å². The molecule has 0 bridgehead atoms. The van der Waals surface area contributed by atoms with Gasteiger partial charge < -0.3 is 5.32 Å². The number of hydrogen-bond acceptors (Lipinski definition) is 2. The van der Waals surface area contributed by atoms with Crippen LogP contribution in [0.2, 0.25) is 0 Å². The third-order valence-electron chi connectivity index (χ3n) is 1.88. The van der Waals surface area contributed by atoms with E-state index >= 15 is 0 Å². The maximum absolute atomic E-state index is 12.8. The monoisotopic (exact) mass is 198 g/mol. The predicted octanol–water partition coefficient (Wildman–Crippen LogP) is 2.58. The molecule has 68 valence electrons. The van der Waals surface area contributed by atoms with Crippen molar-refractivity contribution in [2.45, 2.75) is 13.1 Å². The summed E-state index contributed by atoms with van der Waals surface area (Å²) >= 11 is 5.88. The first kappa shape index (κ1) is 8.51. The Morgan fingerprint density at radius 1 is 1.54 bits per heavy atom. The van der Waals surface area contributed by atoms with Crippen molar-refractivity contribution in [3.8, 4) is 0 Å². The first-order chi connectivity index (χ1) is 6.16. The van der Waals surface area contributed by atoms with Crippen molar-refractivity contribution >= 4 is 22.5 Å². The fourth-order valence-electron chi connectivity index (χ4n) is 1.31. The first-order valence-electron chi connectivity index (χ1n) is 3.96. The Kier molecular flexibility index (Phi) is 1.96. The van der Waals surface area contributed by atoms with Crippen molar-refractivity contribution in [2.75, 3.05) is 5.32 Å². The highest BCUT2D eigenvalue weighted by molar-refractivity contribution is 6.70. The van der Waals surface area contributed by atoms with Crippen LogP contribution in [-0.2, 0) is 0 Å². The van der Waals surface area contributed by atoms with Crippen LogP contribution >= 0.6 is 11.6 Å². The summed E-state index contributed by atoms with van der Waals surface area (Å²) < 4.78 is 12.8. The number of rotatable bonds is 0. The van der Waals surface area contributed by atoms with E-state index in [1.54, 1.807) is 6.07 Å². The molecule has 0 radical (unpaired) electrons. The van der Waals surface area contributed by atoms with E-state index < -0.39 is 0 Å². The van der Waals surface area contributed by atoms with Gasteiger partial charge in [0.25, 0.3) is 0 Å². The summed E-state index contributed by atoms with van der Waals surface area (Å²) in [5.41, 5.74) is 1.45. The van der Waals surface area contributed by atoms with Crippen LogP contribution in [0.1, 0.15) is 12.5 Å². The lowest BCUT2D eigenvalue weighted by Crippen LogP contribution is -2.20. The zero-order chi connectivity index (χ0) is 9.42. The number of fused-ring (bicyclic) bond motifs is 1. The van der Waals surface area contributed by atoms with Crippen LogP contribution in [0.4, 0.5) is 10.1 Å². The maximum Gasteiger partial charge on any atom is 0.135 e. The van der Waals surface area contributed by atoms with Crippen LogP contribution in [0, 0.1) is 5.82 Å². The van der Waals surface area contributed by atoms with Gasteiger partial charge in [0.2, 0.25) is 0 Å². The average molecular weight is 199 g/mol. The molecule has 0 aliphatic carbocycles. The second kappa shape index (κ2) is 3.00. The first-order valence-corrected chi connectivity index (χ1v) is 4.34. The average Bonchev–Trinajstić information content (AvgIpc) is 2.02. The molecule has 0 fully saturated rings. The predicted molar refractivity (Wildman–Crippen MR) is 51.9 cm³/mol. The molecular formula is C9H8ClFN2. The number of nitrogens with zero attached hydrogens (tertiary/aromatic N) is 1. The van der Waals surface area contributed by atoms with Gasteiger partial charge in [0.15, 0.2) is 0 Å². The molecule has 1 unspecified atom stereocenters. The molecule has 0 saturated carbocycles. The number of benzene rings is 1. The third-order valence-corrected chi connectivity index (χ3v) is 2.18. The standard InChI is InChI=1S/C9H8ClFN2/c1-5-12-8-4-6(11)2-3-7(8)9(10)13-5/h2-5,12H,1H3. The SMILES string of the molecule is CC1N=C(Cl)c2ccc(F)cc2N1. The molecular weight excluding hydrogens is 191 g/mol. The summed E-state index contributed by atoms with van der Waals surface area (Å²) in [6.45, 7) is 1.86. The van der Waals surface area contributed by atoms with Crippen molar-refractivity contribution in [3.05, 3.63) is 29.6 Å². The van der Waals surface area contributed by atoms with Gasteiger partial charge in [-0.05, 0) is 25.1 Å². The van der Waals surface area contributed by atoms with Crippen LogP contribution in [0.15, 0.2) is 23.2 Å². The Labute approximate surface area is 80.4 Å². The van der Waals surface area contributed by atoms with E-state index in [2.05, 4.69) is 10.3 Å². The van der Waals surface area contributed by atoms with Crippen LogP contribution in [-0.4, -0.2) is 11.3 Å². The summed E-state index contributed by atoms with van der Waals surface area (Å²) in [6.07, 6.45) is -0.0956. The van der Waals surface area contributed by atoms with E-state index in [4.69, 9.17) is 11.6 Å². The van der Waals surface area contributed by atoms with Gasteiger partial charge >= 0.3 is 0 Å². The molecule has 1 aromatic carbocycles.